The van der Waals surface area contributed by atoms with Crippen LogP contribution in [-0.4, -0.2) is 30.6 Å². The Bertz CT molecular complexity index is 1350. The topological polar surface area (TPSA) is 112 Å². The van der Waals surface area contributed by atoms with Crippen LogP contribution in [0.15, 0.2) is 60.8 Å². The molecule has 1 aliphatic rings. The van der Waals surface area contributed by atoms with E-state index in [4.69, 9.17) is 10.7 Å². The van der Waals surface area contributed by atoms with Crippen molar-refractivity contribution < 1.29 is 4.79 Å². The molecule has 2 aromatic carbocycles. The highest BCUT2D eigenvalue weighted by atomic mass is 16.1. The molecule has 8 heteroatoms. The Balaban J connectivity index is 1.41. The van der Waals surface area contributed by atoms with E-state index in [1.165, 1.54) is 0 Å². The van der Waals surface area contributed by atoms with Gasteiger partial charge in [0.2, 0.25) is 0 Å². The van der Waals surface area contributed by atoms with E-state index in [1.54, 1.807) is 18.3 Å². The average molecular weight is 454 g/mol. The van der Waals surface area contributed by atoms with Gasteiger partial charge < -0.3 is 15.6 Å². The molecule has 1 saturated carbocycles. The van der Waals surface area contributed by atoms with Gasteiger partial charge in [-0.2, -0.15) is 0 Å². The van der Waals surface area contributed by atoms with E-state index in [0.29, 0.717) is 16.9 Å². The quantitative estimate of drug-likeness (QED) is 0.415. The minimum atomic E-state index is -0.243. The molecule has 0 radical (unpaired) electrons. The summed E-state index contributed by atoms with van der Waals surface area (Å²) in [4.78, 5) is 22.2. The molecule has 2 aromatic heterocycles. The summed E-state index contributed by atoms with van der Waals surface area (Å²) in [6.07, 6.45) is 3.70. The number of nitrogens with zero attached hydrogens (tertiary/aromatic N) is 5. The number of nitrogens with one attached hydrogen (secondary N) is 1. The van der Waals surface area contributed by atoms with E-state index in [2.05, 4.69) is 38.9 Å². The molecule has 4 aromatic rings. The first-order valence-corrected chi connectivity index (χ1v) is 11.4. The maximum atomic E-state index is 12.7. The molecule has 0 aliphatic heterocycles. The molecule has 0 spiro atoms. The van der Waals surface area contributed by atoms with Crippen LogP contribution in [0.4, 0.5) is 11.4 Å². The summed E-state index contributed by atoms with van der Waals surface area (Å²) in [6, 6.07) is 17.0. The molecule has 0 unspecified atom stereocenters. The second kappa shape index (κ2) is 8.37. The monoisotopic (exact) mass is 453 g/mol. The minimum absolute atomic E-state index is 0.198. The molecular weight excluding hydrogens is 426 g/mol. The molecule has 8 nitrogen and oxygen atoms in total. The van der Waals surface area contributed by atoms with Gasteiger partial charge in [0.1, 0.15) is 17.3 Å². The van der Waals surface area contributed by atoms with Crippen LogP contribution >= 0.6 is 0 Å². The summed E-state index contributed by atoms with van der Waals surface area (Å²) in [5, 5.41) is 11.5. The van der Waals surface area contributed by atoms with Crippen molar-refractivity contribution in [3.63, 3.8) is 0 Å². The molecule has 34 heavy (non-hydrogen) atoms. The molecular formula is C26H27N7O. The number of hydrogen-bond donors (Lipinski definition) is 2. The van der Waals surface area contributed by atoms with Gasteiger partial charge in [0.15, 0.2) is 5.82 Å². The van der Waals surface area contributed by atoms with E-state index < -0.39 is 0 Å². The van der Waals surface area contributed by atoms with E-state index in [-0.39, 0.29) is 17.4 Å². The van der Waals surface area contributed by atoms with Gasteiger partial charge in [-0.3, -0.25) is 4.79 Å². The highest BCUT2D eigenvalue weighted by Crippen LogP contribution is 2.52. The van der Waals surface area contributed by atoms with Gasteiger partial charge in [-0.05, 0) is 69.5 Å². The molecule has 2 heterocycles. The average Bonchev–Trinajstić information content (AvgIpc) is 3.56. The van der Waals surface area contributed by atoms with Crippen molar-refractivity contribution >= 4 is 17.3 Å². The van der Waals surface area contributed by atoms with E-state index in [9.17, 15) is 4.79 Å². The Hall–Kier alpha value is -4.07. The summed E-state index contributed by atoms with van der Waals surface area (Å²) in [7, 11) is 0. The molecule has 5 rings (SSSR count). The van der Waals surface area contributed by atoms with Gasteiger partial charge in [0, 0.05) is 17.8 Å². The first-order chi connectivity index (χ1) is 16.4. The predicted octanol–water partition coefficient (Wildman–Crippen LogP) is 4.54. The molecule has 1 amide bonds. The number of para-hydroxylation sites is 2. The third kappa shape index (κ3) is 3.81. The highest BCUT2D eigenvalue weighted by molar-refractivity contribution is 6.05. The summed E-state index contributed by atoms with van der Waals surface area (Å²) in [5.41, 5.74) is 9.27. The molecule has 0 saturated heterocycles. The number of nitrogens with two attached hydrogens (primary N) is 1. The number of carbonyl (C=O) groups is 1. The summed E-state index contributed by atoms with van der Waals surface area (Å²) < 4.78 is 2.08. The zero-order chi connectivity index (χ0) is 23.9. The molecule has 1 aliphatic carbocycles. The fourth-order valence-electron chi connectivity index (χ4n) is 4.39. The van der Waals surface area contributed by atoms with Crippen LogP contribution in [0.5, 0.6) is 0 Å². The maximum Gasteiger partial charge on any atom is 0.255 e. The smallest absolute Gasteiger partial charge is 0.255 e. The predicted molar refractivity (Wildman–Crippen MR) is 131 cm³/mol. The van der Waals surface area contributed by atoms with Crippen LogP contribution in [0.3, 0.4) is 0 Å². The number of rotatable bonds is 6. The van der Waals surface area contributed by atoms with Crippen LogP contribution in [0, 0.1) is 6.92 Å². The lowest BCUT2D eigenvalue weighted by Gasteiger charge is -2.17. The maximum absolute atomic E-state index is 12.7. The number of hydrogen-bond acceptors (Lipinski definition) is 6. The van der Waals surface area contributed by atoms with E-state index >= 15 is 0 Å². The lowest BCUT2D eigenvalue weighted by atomic mass is 9.93. The van der Waals surface area contributed by atoms with Crippen LogP contribution < -0.4 is 11.1 Å². The van der Waals surface area contributed by atoms with Crippen molar-refractivity contribution in [1.82, 2.24) is 24.7 Å². The molecule has 0 bridgehead atoms. The largest absolute Gasteiger partial charge is 0.397 e. The Morgan fingerprint density at radius 1 is 1.06 bits per heavy atom. The zero-order valence-electron chi connectivity index (χ0n) is 19.5. The number of benzene rings is 2. The van der Waals surface area contributed by atoms with Crippen molar-refractivity contribution in [1.29, 1.82) is 0 Å². The lowest BCUT2D eigenvalue weighted by molar-refractivity contribution is 0.102. The number of aromatic nitrogens is 5. The molecule has 3 N–H and O–H groups in total. The first kappa shape index (κ1) is 21.8. The summed E-state index contributed by atoms with van der Waals surface area (Å²) in [6.45, 7) is 6.16. The van der Waals surface area contributed by atoms with Crippen molar-refractivity contribution in [3.05, 3.63) is 83.6 Å². The van der Waals surface area contributed by atoms with Crippen molar-refractivity contribution in [2.45, 2.75) is 45.1 Å². The number of aryl methyl sites for hydroxylation is 1. The Kier molecular flexibility index (Phi) is 5.36. The van der Waals surface area contributed by atoms with Gasteiger partial charge in [0.25, 0.3) is 5.91 Å². The number of anilines is 2. The fourth-order valence-corrected chi connectivity index (χ4v) is 4.39. The van der Waals surface area contributed by atoms with Crippen LogP contribution in [0.2, 0.25) is 0 Å². The third-order valence-corrected chi connectivity index (χ3v) is 6.35. The van der Waals surface area contributed by atoms with Gasteiger partial charge in [-0.15, -0.1) is 10.2 Å². The molecule has 0 atom stereocenters. The van der Waals surface area contributed by atoms with Gasteiger partial charge >= 0.3 is 0 Å². The minimum Gasteiger partial charge on any atom is -0.397 e. The van der Waals surface area contributed by atoms with Gasteiger partial charge in [-0.25, -0.2) is 9.97 Å². The Labute approximate surface area is 198 Å². The standard InChI is InChI=1S/C26H27N7O/c1-16(2)33-17(3)31-32-23(33)22-12-15-28-25(30-22)26(13-14-26)19-10-8-18(9-11-19)24(34)29-21-7-5-4-6-20(21)27/h4-12,15-16H,13-14,27H2,1-3H3,(H,29,34). The van der Waals surface area contributed by atoms with Crippen molar-refractivity contribution in [3.8, 4) is 11.5 Å². The Morgan fingerprint density at radius 2 is 1.79 bits per heavy atom. The van der Waals surface area contributed by atoms with E-state index in [0.717, 1.165) is 41.6 Å². The number of nitrogen functional groups attached to an aromatic ring is 1. The van der Waals surface area contributed by atoms with E-state index in [1.807, 2.05) is 49.4 Å². The molecule has 172 valence electrons. The normalized spacial score (nSPS) is 14.2. The van der Waals surface area contributed by atoms with Gasteiger partial charge in [0.05, 0.1) is 16.8 Å². The lowest BCUT2D eigenvalue weighted by Crippen LogP contribution is -2.16. The Morgan fingerprint density at radius 3 is 2.47 bits per heavy atom. The van der Waals surface area contributed by atoms with Crippen LogP contribution in [0.25, 0.3) is 11.5 Å². The summed E-state index contributed by atoms with van der Waals surface area (Å²) >= 11 is 0. The third-order valence-electron chi connectivity index (χ3n) is 6.35. The number of amides is 1. The van der Waals surface area contributed by atoms with Crippen LogP contribution in [0.1, 0.15) is 60.3 Å². The second-order valence-corrected chi connectivity index (χ2v) is 9.00. The van der Waals surface area contributed by atoms with Gasteiger partial charge in [-0.1, -0.05) is 24.3 Å². The molecule has 1 fully saturated rings. The van der Waals surface area contributed by atoms with Crippen molar-refractivity contribution in [2.75, 3.05) is 11.1 Å². The second-order valence-electron chi connectivity index (χ2n) is 9.00. The van der Waals surface area contributed by atoms with Crippen molar-refractivity contribution in [2.24, 2.45) is 0 Å². The first-order valence-electron chi connectivity index (χ1n) is 11.4. The number of carbonyl (C=O) groups excluding carboxylic acids is 1. The summed E-state index contributed by atoms with van der Waals surface area (Å²) in [5.74, 6) is 2.18. The van der Waals surface area contributed by atoms with Crippen LogP contribution in [-0.2, 0) is 5.41 Å². The highest BCUT2D eigenvalue weighted by Gasteiger charge is 2.48. The fraction of sp³-hybridized carbons (Fsp3) is 0.269. The SMILES string of the molecule is Cc1nnc(-c2ccnc(C3(c4ccc(C(=O)Nc5ccccc5N)cc4)CC3)n2)n1C(C)C. The zero-order valence-corrected chi connectivity index (χ0v) is 19.5.